The second-order valence-corrected chi connectivity index (χ2v) is 5.86. The number of ether oxygens (including phenoxy) is 1. The molecule has 0 amide bonds. The molecule has 1 atom stereocenters. The predicted octanol–water partition coefficient (Wildman–Crippen LogP) is 1.61. The third-order valence-electron chi connectivity index (χ3n) is 3.84. The van der Waals surface area contributed by atoms with Gasteiger partial charge in [0.2, 0.25) is 0 Å². The zero-order valence-electron chi connectivity index (χ0n) is 10.7. The van der Waals surface area contributed by atoms with Crippen LogP contribution in [0.25, 0.3) is 0 Å². The van der Waals surface area contributed by atoms with Gasteiger partial charge in [-0.3, -0.25) is 4.90 Å². The number of hydrogen-bond acceptors (Lipinski definition) is 3. The molecule has 2 N–H and O–H groups in total. The van der Waals surface area contributed by atoms with Crippen LogP contribution in [0.2, 0.25) is 0 Å². The lowest BCUT2D eigenvalue weighted by atomic mass is 9.89. The highest BCUT2D eigenvalue weighted by atomic mass is 16.5. The summed E-state index contributed by atoms with van der Waals surface area (Å²) in [7, 11) is 0. The summed E-state index contributed by atoms with van der Waals surface area (Å²) < 4.78 is 5.70. The molecule has 1 aliphatic carbocycles. The second-order valence-electron chi connectivity index (χ2n) is 5.86. The van der Waals surface area contributed by atoms with Gasteiger partial charge in [0, 0.05) is 25.7 Å². The molecule has 0 radical (unpaired) electrons. The van der Waals surface area contributed by atoms with Crippen molar-refractivity contribution in [2.45, 2.75) is 51.1 Å². The van der Waals surface area contributed by atoms with Gasteiger partial charge >= 0.3 is 0 Å². The molecule has 3 nitrogen and oxygen atoms in total. The average molecular weight is 226 g/mol. The van der Waals surface area contributed by atoms with Crippen molar-refractivity contribution >= 4 is 0 Å². The number of hydrogen-bond donors (Lipinski definition) is 1. The Morgan fingerprint density at radius 2 is 2.19 bits per heavy atom. The lowest BCUT2D eigenvalue weighted by Gasteiger charge is -2.46. The molecule has 0 bridgehead atoms. The summed E-state index contributed by atoms with van der Waals surface area (Å²) in [6, 6.07) is 0.785. The van der Waals surface area contributed by atoms with E-state index in [2.05, 4.69) is 18.7 Å². The van der Waals surface area contributed by atoms with Gasteiger partial charge in [-0.05, 0) is 31.6 Å². The Morgan fingerprint density at radius 1 is 1.44 bits per heavy atom. The van der Waals surface area contributed by atoms with E-state index in [0.29, 0.717) is 5.92 Å². The maximum Gasteiger partial charge on any atom is 0.0662 e. The SMILES string of the molecule is CC(C)CN(C1CC1)C1(CN)CCCOC1. The highest BCUT2D eigenvalue weighted by Gasteiger charge is 2.44. The molecule has 94 valence electrons. The normalized spacial score (nSPS) is 31.3. The standard InChI is InChI=1S/C13H26N2O/c1-11(2)8-15(12-4-5-12)13(9-14)6-3-7-16-10-13/h11-12H,3-10,14H2,1-2H3. The van der Waals surface area contributed by atoms with Gasteiger partial charge in [0.25, 0.3) is 0 Å². The highest BCUT2D eigenvalue weighted by Crippen LogP contribution is 2.37. The Bertz CT molecular complexity index is 220. The minimum atomic E-state index is 0.143. The van der Waals surface area contributed by atoms with Gasteiger partial charge in [-0.2, -0.15) is 0 Å². The monoisotopic (exact) mass is 226 g/mol. The van der Waals surface area contributed by atoms with E-state index in [0.717, 1.165) is 25.8 Å². The first-order chi connectivity index (χ1) is 7.68. The molecule has 1 heterocycles. The first kappa shape index (κ1) is 12.3. The number of nitrogens with two attached hydrogens (primary N) is 1. The molecule has 3 heteroatoms. The van der Waals surface area contributed by atoms with Gasteiger partial charge in [-0.25, -0.2) is 0 Å². The maximum atomic E-state index is 6.06. The van der Waals surface area contributed by atoms with Gasteiger partial charge in [0.1, 0.15) is 0 Å². The molecule has 16 heavy (non-hydrogen) atoms. The number of rotatable bonds is 5. The molecule has 0 aromatic carbocycles. The van der Waals surface area contributed by atoms with Crippen LogP contribution in [0, 0.1) is 5.92 Å². The Hall–Kier alpha value is -0.120. The van der Waals surface area contributed by atoms with Crippen LogP contribution in [0.4, 0.5) is 0 Å². The summed E-state index contributed by atoms with van der Waals surface area (Å²) in [4.78, 5) is 2.66. The summed E-state index contributed by atoms with van der Waals surface area (Å²) in [6.07, 6.45) is 5.09. The molecule has 2 fully saturated rings. The Kier molecular flexibility index (Phi) is 3.88. The fraction of sp³-hybridized carbons (Fsp3) is 1.00. The predicted molar refractivity (Wildman–Crippen MR) is 66.4 cm³/mol. The molecule has 1 unspecified atom stereocenters. The average Bonchev–Trinajstić information content (AvgIpc) is 3.10. The van der Waals surface area contributed by atoms with Crippen LogP contribution in [0.1, 0.15) is 39.5 Å². The summed E-state index contributed by atoms with van der Waals surface area (Å²) in [5, 5.41) is 0. The van der Waals surface area contributed by atoms with Gasteiger partial charge in [0.15, 0.2) is 0 Å². The van der Waals surface area contributed by atoms with Gasteiger partial charge in [-0.1, -0.05) is 13.8 Å². The van der Waals surface area contributed by atoms with E-state index in [-0.39, 0.29) is 5.54 Å². The van der Waals surface area contributed by atoms with E-state index in [1.54, 1.807) is 0 Å². The first-order valence-corrected chi connectivity index (χ1v) is 6.72. The van der Waals surface area contributed by atoms with Crippen LogP contribution in [0.15, 0.2) is 0 Å². The molecule has 0 aromatic heterocycles. The lowest BCUT2D eigenvalue weighted by Crippen LogP contribution is -2.60. The Balaban J connectivity index is 2.07. The van der Waals surface area contributed by atoms with Crippen molar-refractivity contribution in [1.82, 2.24) is 4.90 Å². The van der Waals surface area contributed by atoms with E-state index < -0.39 is 0 Å². The third-order valence-corrected chi connectivity index (χ3v) is 3.84. The quantitative estimate of drug-likeness (QED) is 0.774. The fourth-order valence-corrected chi connectivity index (χ4v) is 2.85. The minimum Gasteiger partial charge on any atom is -0.379 e. The van der Waals surface area contributed by atoms with Crippen molar-refractivity contribution in [2.24, 2.45) is 11.7 Å². The molecular weight excluding hydrogens is 200 g/mol. The smallest absolute Gasteiger partial charge is 0.0662 e. The zero-order chi connectivity index (χ0) is 11.6. The van der Waals surface area contributed by atoms with Crippen LogP contribution >= 0.6 is 0 Å². The van der Waals surface area contributed by atoms with Crippen LogP contribution in [0.5, 0.6) is 0 Å². The van der Waals surface area contributed by atoms with Gasteiger partial charge in [0.05, 0.1) is 12.1 Å². The zero-order valence-corrected chi connectivity index (χ0v) is 10.7. The van der Waals surface area contributed by atoms with Crippen molar-refractivity contribution in [2.75, 3.05) is 26.3 Å². The van der Waals surface area contributed by atoms with Crippen molar-refractivity contribution in [3.63, 3.8) is 0 Å². The molecular formula is C13H26N2O. The van der Waals surface area contributed by atoms with Gasteiger partial charge < -0.3 is 10.5 Å². The molecule has 0 aromatic rings. The molecule has 0 spiro atoms. The topological polar surface area (TPSA) is 38.5 Å². The summed E-state index contributed by atoms with van der Waals surface area (Å²) in [5.74, 6) is 0.714. The first-order valence-electron chi connectivity index (χ1n) is 6.72. The molecule has 1 saturated heterocycles. The van der Waals surface area contributed by atoms with E-state index in [4.69, 9.17) is 10.5 Å². The second kappa shape index (κ2) is 5.03. The Morgan fingerprint density at radius 3 is 2.62 bits per heavy atom. The van der Waals surface area contributed by atoms with Gasteiger partial charge in [-0.15, -0.1) is 0 Å². The van der Waals surface area contributed by atoms with Crippen molar-refractivity contribution in [3.05, 3.63) is 0 Å². The van der Waals surface area contributed by atoms with Crippen molar-refractivity contribution in [1.29, 1.82) is 0 Å². The number of nitrogens with zero attached hydrogens (tertiary/aromatic N) is 1. The van der Waals surface area contributed by atoms with Crippen LogP contribution < -0.4 is 5.73 Å². The largest absolute Gasteiger partial charge is 0.379 e. The summed E-state index contributed by atoms with van der Waals surface area (Å²) in [5.41, 5.74) is 6.20. The molecule has 2 rings (SSSR count). The van der Waals surface area contributed by atoms with E-state index >= 15 is 0 Å². The molecule has 1 saturated carbocycles. The summed E-state index contributed by atoms with van der Waals surface area (Å²) in [6.45, 7) is 8.27. The van der Waals surface area contributed by atoms with Crippen LogP contribution in [0.3, 0.4) is 0 Å². The van der Waals surface area contributed by atoms with E-state index in [1.807, 2.05) is 0 Å². The highest BCUT2D eigenvalue weighted by molar-refractivity contribution is 5.00. The van der Waals surface area contributed by atoms with Crippen LogP contribution in [-0.2, 0) is 4.74 Å². The van der Waals surface area contributed by atoms with Crippen molar-refractivity contribution in [3.8, 4) is 0 Å². The third kappa shape index (κ3) is 2.58. The fourth-order valence-electron chi connectivity index (χ4n) is 2.85. The lowest BCUT2D eigenvalue weighted by molar-refractivity contribution is -0.0531. The molecule has 1 aliphatic heterocycles. The van der Waals surface area contributed by atoms with Crippen LogP contribution in [-0.4, -0.2) is 42.8 Å². The van der Waals surface area contributed by atoms with Crippen molar-refractivity contribution < 1.29 is 4.74 Å². The Labute approximate surface area is 99.3 Å². The molecule has 2 aliphatic rings. The minimum absolute atomic E-state index is 0.143. The van der Waals surface area contributed by atoms with E-state index in [1.165, 1.54) is 32.2 Å². The summed E-state index contributed by atoms with van der Waals surface area (Å²) >= 11 is 0. The maximum absolute atomic E-state index is 6.06. The van der Waals surface area contributed by atoms with E-state index in [9.17, 15) is 0 Å².